The molecular weight excluding hydrogens is 388 g/mol. The van der Waals surface area contributed by atoms with E-state index in [1.54, 1.807) is 28.8 Å². The summed E-state index contributed by atoms with van der Waals surface area (Å²) in [6.45, 7) is 3.65. The molecule has 1 aliphatic rings. The van der Waals surface area contributed by atoms with Crippen molar-refractivity contribution in [1.82, 2.24) is 25.1 Å². The molecule has 1 aliphatic carbocycles. The number of tetrazole rings is 1. The molecule has 1 aromatic heterocycles. The normalized spacial score (nSPS) is 16.7. The van der Waals surface area contributed by atoms with E-state index in [0.29, 0.717) is 16.8 Å². The van der Waals surface area contributed by atoms with E-state index < -0.39 is 10.0 Å². The van der Waals surface area contributed by atoms with E-state index in [-0.39, 0.29) is 22.1 Å². The lowest BCUT2D eigenvalue weighted by Gasteiger charge is -2.28. The van der Waals surface area contributed by atoms with E-state index in [9.17, 15) is 13.2 Å². The summed E-state index contributed by atoms with van der Waals surface area (Å²) in [5, 5.41) is 17.2. The molecule has 0 bridgehead atoms. The highest BCUT2D eigenvalue weighted by Crippen LogP contribution is 2.37. The van der Waals surface area contributed by atoms with Gasteiger partial charge in [-0.15, -0.1) is 5.10 Å². The number of hydrogen-bond acceptors (Lipinski definition) is 7. The molecule has 0 spiro atoms. The van der Waals surface area contributed by atoms with Gasteiger partial charge in [-0.25, -0.2) is 18.2 Å². The number of aromatic nitrogens is 4. The van der Waals surface area contributed by atoms with Gasteiger partial charge in [-0.2, -0.15) is 0 Å². The van der Waals surface area contributed by atoms with Gasteiger partial charge in [0.2, 0.25) is 21.1 Å². The third-order valence-corrected chi connectivity index (χ3v) is 6.53. The summed E-state index contributed by atoms with van der Waals surface area (Å²) in [7, 11) is -2.10. The third kappa shape index (κ3) is 4.47. The van der Waals surface area contributed by atoms with Crippen LogP contribution in [0, 0.1) is 0 Å². The number of carbonyl (C=O) groups is 1. The zero-order chi connectivity index (χ0) is 19.8. The molecule has 2 N–H and O–H groups in total. The third-order valence-electron chi connectivity index (χ3n) is 4.58. The molecule has 9 nitrogen and oxygen atoms in total. The number of thioether (sulfide) groups is 1. The summed E-state index contributed by atoms with van der Waals surface area (Å²) in [5.41, 5.74) is 0.692. The van der Waals surface area contributed by atoms with Crippen molar-refractivity contribution in [1.29, 1.82) is 0 Å². The molecule has 1 aromatic carbocycles. The highest BCUT2D eigenvalue weighted by molar-refractivity contribution is 8.00. The molecule has 2 aromatic rings. The van der Waals surface area contributed by atoms with Gasteiger partial charge in [0.15, 0.2) is 0 Å². The number of amides is 1. The molecule has 2 atom stereocenters. The van der Waals surface area contributed by atoms with Crippen molar-refractivity contribution in [3.63, 3.8) is 0 Å². The lowest BCUT2D eigenvalue weighted by molar-refractivity contribution is -0.130. The van der Waals surface area contributed by atoms with Gasteiger partial charge < -0.3 is 4.90 Å². The molecule has 3 rings (SSSR count). The van der Waals surface area contributed by atoms with E-state index in [0.717, 1.165) is 12.8 Å². The second-order valence-electron chi connectivity index (χ2n) is 6.64. The predicted molar refractivity (Wildman–Crippen MR) is 100 cm³/mol. The summed E-state index contributed by atoms with van der Waals surface area (Å²) < 4.78 is 24.9. The highest BCUT2D eigenvalue weighted by Gasteiger charge is 2.31. The van der Waals surface area contributed by atoms with Crippen LogP contribution in [-0.4, -0.2) is 51.7 Å². The number of benzene rings is 1. The first-order valence-electron chi connectivity index (χ1n) is 8.52. The fraction of sp³-hybridized carbons (Fsp3) is 0.500. The maximum atomic E-state index is 12.8. The second kappa shape index (κ2) is 7.56. The van der Waals surface area contributed by atoms with Crippen LogP contribution in [0.15, 0.2) is 34.3 Å². The summed E-state index contributed by atoms with van der Waals surface area (Å²) in [5.74, 6) is -0.0983. The summed E-state index contributed by atoms with van der Waals surface area (Å²) in [4.78, 5) is 14.5. The van der Waals surface area contributed by atoms with Crippen molar-refractivity contribution in [2.24, 2.45) is 5.14 Å². The van der Waals surface area contributed by atoms with Crippen molar-refractivity contribution in [3.05, 3.63) is 29.8 Å². The molecule has 1 saturated carbocycles. The van der Waals surface area contributed by atoms with Gasteiger partial charge in [0, 0.05) is 7.05 Å². The van der Waals surface area contributed by atoms with E-state index in [1.807, 2.05) is 13.8 Å². The minimum absolute atomic E-state index is 0.0266. The molecule has 0 saturated heterocycles. The van der Waals surface area contributed by atoms with Gasteiger partial charge in [0.1, 0.15) is 0 Å². The van der Waals surface area contributed by atoms with Crippen LogP contribution < -0.4 is 5.14 Å². The summed E-state index contributed by atoms with van der Waals surface area (Å²) in [6.07, 6.45) is 2.11. The van der Waals surface area contributed by atoms with Crippen LogP contribution in [0.1, 0.15) is 44.3 Å². The van der Waals surface area contributed by atoms with Gasteiger partial charge in [-0.3, -0.25) is 4.79 Å². The molecule has 146 valence electrons. The maximum absolute atomic E-state index is 12.8. The maximum Gasteiger partial charge on any atom is 0.238 e. The van der Waals surface area contributed by atoms with Gasteiger partial charge in [-0.1, -0.05) is 23.9 Å². The number of hydrogen-bond donors (Lipinski definition) is 1. The molecule has 1 amide bonds. The smallest absolute Gasteiger partial charge is 0.238 e. The van der Waals surface area contributed by atoms with Crippen LogP contribution in [0.25, 0.3) is 0 Å². The van der Waals surface area contributed by atoms with E-state index in [2.05, 4.69) is 15.5 Å². The van der Waals surface area contributed by atoms with Crippen molar-refractivity contribution in [3.8, 4) is 0 Å². The van der Waals surface area contributed by atoms with Crippen LogP contribution in [0.2, 0.25) is 0 Å². The van der Waals surface area contributed by atoms with Crippen molar-refractivity contribution < 1.29 is 13.2 Å². The predicted octanol–water partition coefficient (Wildman–Crippen LogP) is 1.36. The van der Waals surface area contributed by atoms with Crippen LogP contribution in [0.5, 0.6) is 0 Å². The number of nitrogens with zero attached hydrogens (tertiary/aromatic N) is 5. The van der Waals surface area contributed by atoms with E-state index in [4.69, 9.17) is 5.14 Å². The van der Waals surface area contributed by atoms with E-state index in [1.165, 1.54) is 23.9 Å². The average molecular weight is 411 g/mol. The van der Waals surface area contributed by atoms with Crippen LogP contribution >= 0.6 is 11.8 Å². The molecule has 2 unspecified atom stereocenters. The van der Waals surface area contributed by atoms with Crippen molar-refractivity contribution in [2.45, 2.75) is 54.1 Å². The number of sulfonamides is 1. The zero-order valence-corrected chi connectivity index (χ0v) is 16.9. The second-order valence-corrected chi connectivity index (χ2v) is 9.51. The van der Waals surface area contributed by atoms with Crippen LogP contribution in [-0.2, 0) is 14.8 Å². The first kappa shape index (κ1) is 19.8. The fourth-order valence-electron chi connectivity index (χ4n) is 2.67. The summed E-state index contributed by atoms with van der Waals surface area (Å²) >= 11 is 1.32. The summed E-state index contributed by atoms with van der Waals surface area (Å²) in [6, 6.07) is 6.34. The molecule has 11 heteroatoms. The van der Waals surface area contributed by atoms with Gasteiger partial charge in [-0.05, 0) is 54.8 Å². The minimum Gasteiger partial charge on any atom is -0.338 e. The average Bonchev–Trinajstić information content (AvgIpc) is 3.38. The Labute approximate surface area is 162 Å². The van der Waals surface area contributed by atoms with Crippen LogP contribution in [0.4, 0.5) is 0 Å². The standard InChI is InChI=1S/C16H22N6O3S2/c1-10(12-5-4-6-14(9-12)27(17,24)25)21(3)15(23)11(2)26-16-18-19-20-22(16)13-7-8-13/h4-6,9-11,13H,7-8H2,1-3H3,(H2,17,24,25). The first-order chi connectivity index (χ1) is 12.7. The Morgan fingerprint density at radius 1 is 1.37 bits per heavy atom. The Hall–Kier alpha value is -1.98. The van der Waals surface area contributed by atoms with Crippen LogP contribution in [0.3, 0.4) is 0 Å². The van der Waals surface area contributed by atoms with Gasteiger partial charge in [0.05, 0.1) is 22.2 Å². The molecule has 1 heterocycles. The Morgan fingerprint density at radius 3 is 2.70 bits per heavy atom. The number of primary sulfonamides is 1. The quantitative estimate of drug-likeness (QED) is 0.683. The topological polar surface area (TPSA) is 124 Å². The lowest BCUT2D eigenvalue weighted by Crippen LogP contribution is -2.35. The highest BCUT2D eigenvalue weighted by atomic mass is 32.2. The SMILES string of the molecule is CC(Sc1nnnn1C1CC1)C(=O)N(C)C(C)c1cccc(S(N)(=O)=O)c1. The fourth-order valence-corrected chi connectivity index (χ4v) is 4.20. The lowest BCUT2D eigenvalue weighted by atomic mass is 10.1. The molecule has 0 aliphatic heterocycles. The molecule has 27 heavy (non-hydrogen) atoms. The van der Waals surface area contributed by atoms with Crippen molar-refractivity contribution >= 4 is 27.7 Å². The number of nitrogens with two attached hydrogens (primary N) is 1. The molecular formula is C16H22N6O3S2. The molecule has 0 radical (unpaired) electrons. The van der Waals surface area contributed by atoms with Gasteiger partial charge >= 0.3 is 0 Å². The minimum atomic E-state index is -3.79. The molecule has 1 fully saturated rings. The number of rotatable bonds is 7. The Bertz CT molecular complexity index is 941. The van der Waals surface area contributed by atoms with Gasteiger partial charge in [0.25, 0.3) is 0 Å². The Kier molecular flexibility index (Phi) is 5.54. The monoisotopic (exact) mass is 410 g/mol. The largest absolute Gasteiger partial charge is 0.338 e. The Morgan fingerprint density at radius 2 is 2.07 bits per heavy atom. The Balaban J connectivity index is 1.71. The van der Waals surface area contributed by atoms with E-state index >= 15 is 0 Å². The van der Waals surface area contributed by atoms with Crippen molar-refractivity contribution in [2.75, 3.05) is 7.05 Å². The zero-order valence-electron chi connectivity index (χ0n) is 15.3. The first-order valence-corrected chi connectivity index (χ1v) is 10.9. The number of carbonyl (C=O) groups excluding carboxylic acids is 1.